The molecule has 194 valence electrons. The first-order valence-electron chi connectivity index (χ1n) is 12.9. The summed E-state index contributed by atoms with van der Waals surface area (Å²) in [5.74, 6) is 0.0153. The molecule has 9 heteroatoms. The van der Waals surface area contributed by atoms with Crippen molar-refractivity contribution in [3.8, 4) is 17.2 Å². The van der Waals surface area contributed by atoms with Gasteiger partial charge in [0.1, 0.15) is 17.2 Å². The maximum atomic E-state index is 12.9. The molecule has 0 aromatic heterocycles. The Labute approximate surface area is 215 Å². The van der Waals surface area contributed by atoms with Gasteiger partial charge in [0.2, 0.25) is 5.91 Å². The fraction of sp³-hybridized carbons (Fsp3) is 0.429. The first kappa shape index (κ1) is 24.8. The number of rotatable bonds is 8. The Bertz CT molecular complexity index is 1150. The van der Waals surface area contributed by atoms with Gasteiger partial charge in [-0.15, -0.1) is 0 Å². The number of nitrogens with one attached hydrogen (secondary N) is 3. The van der Waals surface area contributed by atoms with E-state index in [1.807, 2.05) is 24.3 Å². The zero-order valence-electron chi connectivity index (χ0n) is 20.6. The zero-order valence-corrected chi connectivity index (χ0v) is 20.6. The number of benzene rings is 2. The Kier molecular flexibility index (Phi) is 7.12. The van der Waals surface area contributed by atoms with E-state index in [4.69, 9.17) is 9.47 Å². The van der Waals surface area contributed by atoms with E-state index in [2.05, 4.69) is 16.0 Å². The second kappa shape index (κ2) is 10.6. The monoisotopic (exact) mass is 505 g/mol. The van der Waals surface area contributed by atoms with Gasteiger partial charge < -0.3 is 14.8 Å². The molecule has 3 fully saturated rings. The van der Waals surface area contributed by atoms with Gasteiger partial charge in [-0.3, -0.25) is 25.0 Å². The highest BCUT2D eigenvalue weighted by Crippen LogP contribution is 2.38. The standard InChI is InChI=1S/C28H31N3O6/c32-24(19-5-4-6-19)29-17-18-9-11-21(12-10-18)36-22-13-15-23(16-14-22)37-28(20-7-2-1-3-8-20)25(33)30-27(35)31-26(28)34/h9-16,19-20H,1-8,17H2,(H,29,32)(H2,30,31,33,34,35). The van der Waals surface area contributed by atoms with E-state index in [9.17, 15) is 19.2 Å². The highest BCUT2D eigenvalue weighted by atomic mass is 16.5. The summed E-state index contributed by atoms with van der Waals surface area (Å²) in [6.07, 6.45) is 7.23. The van der Waals surface area contributed by atoms with Crippen LogP contribution in [0.3, 0.4) is 0 Å². The number of hydrogen-bond acceptors (Lipinski definition) is 6. The van der Waals surface area contributed by atoms with Crippen molar-refractivity contribution in [2.45, 2.75) is 63.5 Å². The Morgan fingerprint density at radius 1 is 0.784 bits per heavy atom. The molecule has 2 aromatic carbocycles. The SMILES string of the molecule is O=C1NC(=O)C(Oc2ccc(Oc3ccc(CNC(=O)C4CCC4)cc3)cc2)(C2CCCCC2)C(=O)N1. The van der Waals surface area contributed by atoms with Crippen molar-refractivity contribution in [1.29, 1.82) is 0 Å². The lowest BCUT2D eigenvalue weighted by atomic mass is 9.75. The van der Waals surface area contributed by atoms with Crippen molar-refractivity contribution in [3.63, 3.8) is 0 Å². The van der Waals surface area contributed by atoms with Gasteiger partial charge in [0.05, 0.1) is 0 Å². The first-order chi connectivity index (χ1) is 17.9. The van der Waals surface area contributed by atoms with Crippen LogP contribution in [0, 0.1) is 11.8 Å². The van der Waals surface area contributed by atoms with E-state index in [1.54, 1.807) is 24.3 Å². The van der Waals surface area contributed by atoms with E-state index in [-0.39, 0.29) is 17.7 Å². The van der Waals surface area contributed by atoms with Gasteiger partial charge in [-0.05, 0) is 67.6 Å². The van der Waals surface area contributed by atoms with Crippen molar-refractivity contribution in [2.75, 3.05) is 0 Å². The van der Waals surface area contributed by atoms with Crippen LogP contribution < -0.4 is 25.4 Å². The predicted octanol–water partition coefficient (Wildman–Crippen LogP) is 3.96. The molecular weight excluding hydrogens is 474 g/mol. The quantitative estimate of drug-likeness (QED) is 0.467. The Morgan fingerprint density at radius 2 is 1.35 bits per heavy atom. The number of barbiturate groups is 1. The minimum absolute atomic E-state index is 0.119. The molecule has 0 atom stereocenters. The summed E-state index contributed by atoms with van der Waals surface area (Å²) in [4.78, 5) is 49.6. The van der Waals surface area contributed by atoms with Crippen LogP contribution in [0.25, 0.3) is 0 Å². The van der Waals surface area contributed by atoms with Crippen LogP contribution in [0.1, 0.15) is 56.9 Å². The van der Waals surface area contributed by atoms with Crippen LogP contribution in [0.2, 0.25) is 0 Å². The predicted molar refractivity (Wildman–Crippen MR) is 134 cm³/mol. The summed E-state index contributed by atoms with van der Waals surface area (Å²) < 4.78 is 12.0. The van der Waals surface area contributed by atoms with Crippen LogP contribution in [0.5, 0.6) is 17.2 Å². The second-order valence-electron chi connectivity index (χ2n) is 9.97. The molecule has 5 rings (SSSR count). The molecule has 0 radical (unpaired) electrons. The van der Waals surface area contributed by atoms with Gasteiger partial charge in [-0.25, -0.2) is 4.79 Å². The highest BCUT2D eigenvalue weighted by Gasteiger charge is 2.58. The lowest BCUT2D eigenvalue weighted by Gasteiger charge is -2.41. The van der Waals surface area contributed by atoms with Gasteiger partial charge >= 0.3 is 6.03 Å². The highest BCUT2D eigenvalue weighted by molar-refractivity contribution is 6.22. The summed E-state index contributed by atoms with van der Waals surface area (Å²) in [7, 11) is 0. The van der Waals surface area contributed by atoms with Crippen LogP contribution in [-0.2, 0) is 20.9 Å². The van der Waals surface area contributed by atoms with E-state index in [0.717, 1.165) is 44.1 Å². The third-order valence-electron chi connectivity index (χ3n) is 7.51. The third kappa shape index (κ3) is 5.30. The maximum absolute atomic E-state index is 12.9. The van der Waals surface area contributed by atoms with E-state index in [0.29, 0.717) is 36.6 Å². The number of hydrogen-bond donors (Lipinski definition) is 3. The fourth-order valence-corrected chi connectivity index (χ4v) is 5.16. The summed E-state index contributed by atoms with van der Waals surface area (Å²) in [6.45, 7) is 0.483. The fourth-order valence-electron chi connectivity index (χ4n) is 5.16. The summed E-state index contributed by atoms with van der Waals surface area (Å²) in [5, 5.41) is 7.40. The van der Waals surface area contributed by atoms with Gasteiger partial charge in [0.15, 0.2) is 0 Å². The Morgan fingerprint density at radius 3 is 1.92 bits per heavy atom. The molecule has 1 aliphatic heterocycles. The molecule has 0 spiro atoms. The topological polar surface area (TPSA) is 123 Å². The Hall–Kier alpha value is -3.88. The lowest BCUT2D eigenvalue weighted by molar-refractivity contribution is -0.158. The van der Waals surface area contributed by atoms with Gasteiger partial charge in [-0.2, -0.15) is 0 Å². The number of carbonyl (C=O) groups excluding carboxylic acids is 4. The zero-order chi connectivity index (χ0) is 25.8. The number of amides is 5. The summed E-state index contributed by atoms with van der Waals surface area (Å²) in [5.41, 5.74) is -0.806. The van der Waals surface area contributed by atoms with E-state index < -0.39 is 23.4 Å². The van der Waals surface area contributed by atoms with E-state index >= 15 is 0 Å². The molecule has 2 aromatic rings. The van der Waals surface area contributed by atoms with Crippen molar-refractivity contribution < 1.29 is 28.7 Å². The maximum Gasteiger partial charge on any atom is 0.328 e. The normalized spacial score (nSPS) is 19.8. The third-order valence-corrected chi connectivity index (χ3v) is 7.51. The van der Waals surface area contributed by atoms with Crippen LogP contribution in [0.4, 0.5) is 4.79 Å². The second-order valence-corrected chi connectivity index (χ2v) is 9.97. The molecule has 1 heterocycles. The number of ether oxygens (including phenoxy) is 2. The number of urea groups is 1. The van der Waals surface area contributed by atoms with Crippen molar-refractivity contribution in [2.24, 2.45) is 11.8 Å². The van der Waals surface area contributed by atoms with Crippen molar-refractivity contribution in [3.05, 3.63) is 54.1 Å². The molecule has 1 saturated heterocycles. The molecule has 37 heavy (non-hydrogen) atoms. The van der Waals surface area contributed by atoms with Crippen LogP contribution in [-0.4, -0.2) is 29.4 Å². The lowest BCUT2D eigenvalue weighted by Crippen LogP contribution is -2.72. The molecule has 0 bridgehead atoms. The van der Waals surface area contributed by atoms with Crippen LogP contribution in [0.15, 0.2) is 48.5 Å². The molecule has 9 nitrogen and oxygen atoms in total. The van der Waals surface area contributed by atoms with Gasteiger partial charge in [-0.1, -0.05) is 37.8 Å². The molecule has 0 unspecified atom stereocenters. The summed E-state index contributed by atoms with van der Waals surface area (Å²) >= 11 is 0. The van der Waals surface area contributed by atoms with E-state index in [1.165, 1.54) is 0 Å². The van der Waals surface area contributed by atoms with Crippen molar-refractivity contribution in [1.82, 2.24) is 16.0 Å². The van der Waals surface area contributed by atoms with Gasteiger partial charge in [0.25, 0.3) is 17.4 Å². The molecule has 3 aliphatic rings. The smallest absolute Gasteiger partial charge is 0.328 e. The number of carbonyl (C=O) groups is 4. The molecular formula is C28H31N3O6. The van der Waals surface area contributed by atoms with Gasteiger partial charge in [0, 0.05) is 18.4 Å². The van der Waals surface area contributed by atoms with Crippen LogP contribution >= 0.6 is 0 Å². The average molecular weight is 506 g/mol. The molecule has 2 aliphatic carbocycles. The minimum atomic E-state index is -1.79. The molecule has 2 saturated carbocycles. The molecule has 3 N–H and O–H groups in total. The van der Waals surface area contributed by atoms with Crippen molar-refractivity contribution >= 4 is 23.8 Å². The first-order valence-corrected chi connectivity index (χ1v) is 12.9. The minimum Gasteiger partial charge on any atom is -0.467 e. The average Bonchev–Trinajstić information content (AvgIpc) is 2.86. The number of imide groups is 2. The molecule has 5 amide bonds. The summed E-state index contributed by atoms with van der Waals surface area (Å²) in [6, 6.07) is 13.3. The largest absolute Gasteiger partial charge is 0.467 e. The Balaban J connectivity index is 1.23.